The van der Waals surface area contributed by atoms with Gasteiger partial charge < -0.3 is 10.1 Å². The number of anilines is 1. The predicted octanol–water partition coefficient (Wildman–Crippen LogP) is 1.22. The van der Waals surface area contributed by atoms with E-state index in [9.17, 15) is 19.2 Å². The van der Waals surface area contributed by atoms with Crippen molar-refractivity contribution in [3.8, 4) is 0 Å². The Morgan fingerprint density at radius 1 is 1.15 bits per heavy atom. The van der Waals surface area contributed by atoms with Gasteiger partial charge in [-0.1, -0.05) is 18.2 Å². The fourth-order valence-corrected chi connectivity index (χ4v) is 4.31. The van der Waals surface area contributed by atoms with E-state index in [0.29, 0.717) is 11.3 Å². The van der Waals surface area contributed by atoms with E-state index in [0.717, 1.165) is 11.3 Å². The highest BCUT2D eigenvalue weighted by Crippen LogP contribution is 2.52. The van der Waals surface area contributed by atoms with Crippen LogP contribution in [0.25, 0.3) is 0 Å². The summed E-state index contributed by atoms with van der Waals surface area (Å²) in [6, 6.07) is 6.29. The van der Waals surface area contributed by atoms with Crippen LogP contribution >= 0.6 is 0 Å². The van der Waals surface area contributed by atoms with Crippen LogP contribution in [0.3, 0.4) is 0 Å². The Balaban J connectivity index is 1.44. The fraction of sp³-hybridized carbons (Fsp3) is 0.368. The van der Waals surface area contributed by atoms with E-state index in [-0.39, 0.29) is 42.0 Å². The molecule has 26 heavy (non-hydrogen) atoms. The Hall–Kier alpha value is -2.96. The van der Waals surface area contributed by atoms with E-state index in [1.54, 1.807) is 18.2 Å². The quantitative estimate of drug-likeness (QED) is 0.499. The molecule has 0 spiro atoms. The van der Waals surface area contributed by atoms with Crippen molar-refractivity contribution in [3.05, 3.63) is 42.0 Å². The molecule has 4 rings (SSSR count). The number of carbonyl (C=O) groups excluding carboxylic acids is 4. The van der Waals surface area contributed by atoms with E-state index in [1.165, 1.54) is 13.2 Å². The molecule has 2 aliphatic carbocycles. The molecule has 2 fully saturated rings. The molecule has 0 aromatic heterocycles. The predicted molar refractivity (Wildman–Crippen MR) is 90.8 cm³/mol. The molecule has 4 atom stereocenters. The van der Waals surface area contributed by atoms with Crippen molar-refractivity contribution < 1.29 is 23.9 Å². The van der Waals surface area contributed by atoms with E-state index in [2.05, 4.69) is 10.1 Å². The summed E-state index contributed by atoms with van der Waals surface area (Å²) >= 11 is 0. The molecule has 7 nitrogen and oxygen atoms in total. The minimum absolute atomic E-state index is 0.117. The van der Waals surface area contributed by atoms with Gasteiger partial charge in [0.2, 0.25) is 17.7 Å². The Labute approximate surface area is 150 Å². The zero-order valence-corrected chi connectivity index (χ0v) is 14.2. The Kier molecular flexibility index (Phi) is 3.86. The first-order valence-corrected chi connectivity index (χ1v) is 8.51. The average Bonchev–Trinajstić information content (AvgIpc) is 3.31. The van der Waals surface area contributed by atoms with Crippen LogP contribution in [0.2, 0.25) is 0 Å². The maximum atomic E-state index is 12.6. The van der Waals surface area contributed by atoms with E-state index < -0.39 is 11.9 Å². The molecule has 2 bridgehead atoms. The standard InChI is InChI=1S/C19H18N2O5/c1-26-19(25)12-3-2-4-13(8-12)20-14(22)9-21-17(23)15-10-5-6-11(7-10)16(15)18(21)24/h2-6,8,10-11,15-16H,7,9H2,1H3,(H,20,22)/t10-,11-,15-,16+/m0/s1. The lowest BCUT2D eigenvalue weighted by Gasteiger charge is -2.17. The van der Waals surface area contributed by atoms with Crippen LogP contribution in [-0.4, -0.2) is 42.2 Å². The number of carbonyl (C=O) groups is 4. The molecule has 1 saturated carbocycles. The van der Waals surface area contributed by atoms with Crippen molar-refractivity contribution in [2.24, 2.45) is 23.7 Å². The van der Waals surface area contributed by atoms with E-state index >= 15 is 0 Å². The van der Waals surface area contributed by atoms with Gasteiger partial charge >= 0.3 is 5.97 Å². The second kappa shape index (κ2) is 6.09. The average molecular weight is 354 g/mol. The number of hydrogen-bond acceptors (Lipinski definition) is 5. The molecule has 3 amide bonds. The number of amides is 3. The number of nitrogens with one attached hydrogen (secondary N) is 1. The molecular formula is C19H18N2O5. The number of nitrogens with zero attached hydrogens (tertiary/aromatic N) is 1. The normalized spacial score (nSPS) is 28.4. The molecule has 1 aromatic carbocycles. The number of hydrogen-bond donors (Lipinski definition) is 1. The second-order valence-electron chi connectivity index (χ2n) is 6.88. The fourth-order valence-electron chi connectivity index (χ4n) is 4.31. The molecule has 0 unspecified atom stereocenters. The Morgan fingerprint density at radius 2 is 1.81 bits per heavy atom. The van der Waals surface area contributed by atoms with Gasteiger partial charge in [0, 0.05) is 5.69 Å². The van der Waals surface area contributed by atoms with E-state index in [1.807, 2.05) is 12.2 Å². The lowest BCUT2D eigenvalue weighted by atomic mass is 9.85. The molecule has 1 aliphatic heterocycles. The van der Waals surface area contributed by atoms with Crippen LogP contribution in [-0.2, 0) is 19.1 Å². The number of allylic oxidation sites excluding steroid dienone is 2. The number of imide groups is 1. The maximum Gasteiger partial charge on any atom is 0.337 e. The number of rotatable bonds is 4. The molecule has 7 heteroatoms. The molecule has 134 valence electrons. The van der Waals surface area contributed by atoms with Crippen LogP contribution in [0.5, 0.6) is 0 Å². The molecule has 0 radical (unpaired) electrons. The largest absolute Gasteiger partial charge is 0.465 e. The molecule has 1 aromatic rings. The summed E-state index contributed by atoms with van der Waals surface area (Å²) in [4.78, 5) is 50.1. The van der Waals surface area contributed by atoms with Crippen molar-refractivity contribution in [1.82, 2.24) is 4.90 Å². The molecule has 1 heterocycles. The number of fused-ring (bicyclic) bond motifs is 5. The zero-order chi connectivity index (χ0) is 18.4. The number of benzene rings is 1. The van der Waals surface area contributed by atoms with Crippen molar-refractivity contribution >= 4 is 29.4 Å². The highest BCUT2D eigenvalue weighted by molar-refractivity contribution is 6.09. The Morgan fingerprint density at radius 3 is 2.42 bits per heavy atom. The summed E-state index contributed by atoms with van der Waals surface area (Å²) in [5, 5.41) is 2.62. The maximum absolute atomic E-state index is 12.6. The SMILES string of the molecule is COC(=O)c1cccc(NC(=O)CN2C(=O)[C@@H]3[C@H](C2=O)[C@H]2C=C[C@H]3C2)c1. The van der Waals surface area contributed by atoms with Crippen LogP contribution in [0.15, 0.2) is 36.4 Å². The third-order valence-electron chi connectivity index (χ3n) is 5.43. The summed E-state index contributed by atoms with van der Waals surface area (Å²) in [6.45, 7) is -0.313. The Bertz CT molecular complexity index is 816. The molecule has 1 saturated heterocycles. The van der Waals surface area contributed by atoms with Crippen molar-refractivity contribution in [2.75, 3.05) is 19.0 Å². The van der Waals surface area contributed by atoms with Crippen LogP contribution in [0, 0.1) is 23.7 Å². The number of esters is 1. The van der Waals surface area contributed by atoms with Gasteiger partial charge in [-0.2, -0.15) is 0 Å². The van der Waals surface area contributed by atoms with Gasteiger partial charge in [0.25, 0.3) is 0 Å². The third-order valence-corrected chi connectivity index (χ3v) is 5.43. The van der Waals surface area contributed by atoms with Crippen LogP contribution in [0.1, 0.15) is 16.8 Å². The van der Waals surface area contributed by atoms with Crippen LogP contribution in [0.4, 0.5) is 5.69 Å². The molecule has 3 aliphatic rings. The summed E-state index contributed by atoms with van der Waals surface area (Å²) in [5.74, 6) is -1.89. The number of ether oxygens (including phenoxy) is 1. The third kappa shape index (κ3) is 2.51. The second-order valence-corrected chi connectivity index (χ2v) is 6.88. The highest BCUT2D eigenvalue weighted by atomic mass is 16.5. The van der Waals surface area contributed by atoms with Crippen molar-refractivity contribution in [3.63, 3.8) is 0 Å². The minimum atomic E-state index is -0.512. The molecule has 1 N–H and O–H groups in total. The zero-order valence-electron chi connectivity index (χ0n) is 14.2. The monoisotopic (exact) mass is 354 g/mol. The highest BCUT2D eigenvalue weighted by Gasteiger charge is 2.59. The van der Waals surface area contributed by atoms with Crippen molar-refractivity contribution in [2.45, 2.75) is 6.42 Å². The van der Waals surface area contributed by atoms with Crippen molar-refractivity contribution in [1.29, 1.82) is 0 Å². The first-order valence-electron chi connectivity index (χ1n) is 8.51. The number of methoxy groups -OCH3 is 1. The topological polar surface area (TPSA) is 92.8 Å². The summed E-state index contributed by atoms with van der Waals surface area (Å²) < 4.78 is 4.65. The van der Waals surface area contributed by atoms with Gasteiger partial charge in [-0.15, -0.1) is 0 Å². The summed E-state index contributed by atoms with van der Waals surface area (Å²) in [5.41, 5.74) is 0.703. The smallest absolute Gasteiger partial charge is 0.337 e. The first-order chi connectivity index (χ1) is 12.5. The lowest BCUT2D eigenvalue weighted by molar-refractivity contribution is -0.143. The van der Waals surface area contributed by atoms with Gasteiger partial charge in [0.1, 0.15) is 6.54 Å². The lowest BCUT2D eigenvalue weighted by Crippen LogP contribution is -2.39. The summed E-state index contributed by atoms with van der Waals surface area (Å²) in [6.07, 6.45) is 4.88. The van der Waals surface area contributed by atoms with Gasteiger partial charge in [-0.25, -0.2) is 4.79 Å². The number of likely N-dealkylation sites (tertiary alicyclic amines) is 1. The van der Waals surface area contributed by atoms with Gasteiger partial charge in [0.05, 0.1) is 24.5 Å². The molecular weight excluding hydrogens is 336 g/mol. The summed E-state index contributed by atoms with van der Waals surface area (Å²) in [7, 11) is 1.27. The van der Waals surface area contributed by atoms with Gasteiger partial charge in [0.15, 0.2) is 0 Å². The minimum Gasteiger partial charge on any atom is -0.465 e. The van der Waals surface area contributed by atoms with Gasteiger partial charge in [-0.05, 0) is 36.5 Å². The van der Waals surface area contributed by atoms with Crippen LogP contribution < -0.4 is 5.32 Å². The van der Waals surface area contributed by atoms with E-state index in [4.69, 9.17) is 0 Å². The first kappa shape index (κ1) is 16.5. The van der Waals surface area contributed by atoms with Gasteiger partial charge in [-0.3, -0.25) is 19.3 Å².